The van der Waals surface area contributed by atoms with Crippen LogP contribution >= 0.6 is 0 Å². The summed E-state index contributed by atoms with van der Waals surface area (Å²) >= 11 is 0. The third kappa shape index (κ3) is 2.70. The number of hydrogen-bond acceptors (Lipinski definition) is 3. The smallest absolute Gasteiger partial charge is 0.108 e. The molecule has 3 nitrogen and oxygen atoms in total. The van der Waals surface area contributed by atoms with Gasteiger partial charge in [0.25, 0.3) is 0 Å². The Balaban J connectivity index is 1.59. The average molecular weight is 404 g/mol. The lowest BCUT2D eigenvalue weighted by Gasteiger charge is -2.31. The van der Waals surface area contributed by atoms with Gasteiger partial charge in [-0.25, -0.2) is 0 Å². The standard InChI is InChI=1S/C28H25N3/c1-18-9-7-8-12-26(18)31-20(3)30(22-10-5-4-6-11-22)28-17-24-21(16-27(28)31)15-25-23(24)14-13-19(2)29-25/h4-14,16-17,20H,15H2,1-3H3/t20-/m0/s1. The molecule has 31 heavy (non-hydrogen) atoms. The van der Waals surface area contributed by atoms with Crippen LogP contribution in [-0.4, -0.2) is 11.1 Å². The van der Waals surface area contributed by atoms with Crippen molar-refractivity contribution in [1.29, 1.82) is 0 Å². The minimum Gasteiger partial charge on any atom is -0.319 e. The van der Waals surface area contributed by atoms with Crippen LogP contribution in [0.25, 0.3) is 11.1 Å². The second-order valence-corrected chi connectivity index (χ2v) is 8.62. The van der Waals surface area contributed by atoms with Crippen molar-refractivity contribution in [3.63, 3.8) is 0 Å². The van der Waals surface area contributed by atoms with Gasteiger partial charge in [0.05, 0.1) is 17.1 Å². The molecule has 1 atom stereocenters. The third-order valence-corrected chi connectivity index (χ3v) is 6.64. The topological polar surface area (TPSA) is 19.4 Å². The zero-order valence-corrected chi connectivity index (χ0v) is 18.1. The van der Waals surface area contributed by atoms with Gasteiger partial charge in [0.1, 0.15) is 6.17 Å². The number of pyridine rings is 1. The Labute approximate surface area is 183 Å². The van der Waals surface area contributed by atoms with E-state index >= 15 is 0 Å². The number of para-hydroxylation sites is 2. The molecular formula is C28H25N3. The summed E-state index contributed by atoms with van der Waals surface area (Å²) in [4.78, 5) is 9.77. The predicted octanol–water partition coefficient (Wildman–Crippen LogP) is 6.91. The van der Waals surface area contributed by atoms with E-state index < -0.39 is 0 Å². The SMILES string of the molecule is Cc1ccc2c(n1)Cc1cc3c(cc1-2)N(c1ccccc1)[C@H](C)N3c1ccccc1C. The van der Waals surface area contributed by atoms with Crippen LogP contribution in [0.15, 0.2) is 78.9 Å². The summed E-state index contributed by atoms with van der Waals surface area (Å²) in [6.07, 6.45) is 1.08. The largest absolute Gasteiger partial charge is 0.319 e. The van der Waals surface area contributed by atoms with Gasteiger partial charge in [-0.2, -0.15) is 0 Å². The molecule has 4 aromatic rings. The van der Waals surface area contributed by atoms with Gasteiger partial charge in [-0.3, -0.25) is 4.98 Å². The number of hydrogen-bond donors (Lipinski definition) is 0. The maximum atomic E-state index is 4.83. The van der Waals surface area contributed by atoms with E-state index in [1.807, 2.05) is 0 Å². The number of rotatable bonds is 2. The molecule has 1 aromatic heterocycles. The fourth-order valence-corrected chi connectivity index (χ4v) is 5.20. The van der Waals surface area contributed by atoms with Gasteiger partial charge in [-0.1, -0.05) is 42.5 Å². The Kier molecular flexibility index (Phi) is 3.94. The quantitative estimate of drug-likeness (QED) is 0.319. The molecule has 1 aliphatic carbocycles. The molecule has 6 rings (SSSR count). The maximum Gasteiger partial charge on any atom is 0.108 e. The summed E-state index contributed by atoms with van der Waals surface area (Å²) in [6.45, 7) is 6.56. The van der Waals surface area contributed by atoms with Crippen molar-refractivity contribution in [1.82, 2.24) is 4.98 Å². The van der Waals surface area contributed by atoms with Crippen LogP contribution < -0.4 is 9.80 Å². The monoisotopic (exact) mass is 403 g/mol. The first-order valence-corrected chi connectivity index (χ1v) is 10.9. The van der Waals surface area contributed by atoms with Crippen molar-refractivity contribution in [2.24, 2.45) is 0 Å². The molecule has 3 aromatic carbocycles. The van der Waals surface area contributed by atoms with Crippen molar-refractivity contribution < 1.29 is 0 Å². The highest BCUT2D eigenvalue weighted by molar-refractivity contribution is 5.94. The van der Waals surface area contributed by atoms with E-state index in [1.54, 1.807) is 0 Å². The third-order valence-electron chi connectivity index (χ3n) is 6.64. The van der Waals surface area contributed by atoms with Crippen LogP contribution in [0.1, 0.15) is 29.4 Å². The van der Waals surface area contributed by atoms with E-state index in [2.05, 4.69) is 109 Å². The summed E-state index contributed by atoms with van der Waals surface area (Å²) in [5.74, 6) is 0. The minimum absolute atomic E-state index is 0.177. The molecule has 1 aliphatic heterocycles. The first-order chi connectivity index (χ1) is 15.1. The van der Waals surface area contributed by atoms with E-state index in [-0.39, 0.29) is 6.17 Å². The highest BCUT2D eigenvalue weighted by Crippen LogP contribution is 2.52. The van der Waals surface area contributed by atoms with Gasteiger partial charge >= 0.3 is 0 Å². The zero-order valence-electron chi connectivity index (χ0n) is 18.1. The van der Waals surface area contributed by atoms with Crippen LogP contribution in [-0.2, 0) is 6.42 Å². The Morgan fingerprint density at radius 2 is 1.48 bits per heavy atom. The Morgan fingerprint density at radius 1 is 0.742 bits per heavy atom. The molecule has 0 radical (unpaired) electrons. The molecule has 2 heterocycles. The number of benzene rings is 3. The summed E-state index contributed by atoms with van der Waals surface area (Å²) in [7, 11) is 0. The van der Waals surface area contributed by atoms with Crippen molar-refractivity contribution in [2.75, 3.05) is 9.80 Å². The number of nitrogens with zero attached hydrogens (tertiary/aromatic N) is 3. The van der Waals surface area contributed by atoms with Gasteiger partial charge in [0.15, 0.2) is 0 Å². The van der Waals surface area contributed by atoms with Gasteiger partial charge in [-0.05, 0) is 73.9 Å². The van der Waals surface area contributed by atoms with Crippen LogP contribution in [0.4, 0.5) is 22.7 Å². The van der Waals surface area contributed by atoms with Crippen LogP contribution in [0.3, 0.4) is 0 Å². The Hall–Kier alpha value is -3.59. The van der Waals surface area contributed by atoms with Gasteiger partial charge in [-0.15, -0.1) is 0 Å². The molecule has 0 N–H and O–H groups in total. The molecule has 0 unspecified atom stereocenters. The summed E-state index contributed by atoms with van der Waals surface area (Å²) in [5, 5.41) is 0. The van der Waals surface area contributed by atoms with Crippen molar-refractivity contribution in [3.8, 4) is 11.1 Å². The number of fused-ring (bicyclic) bond motifs is 4. The molecule has 152 valence electrons. The van der Waals surface area contributed by atoms with Crippen molar-refractivity contribution in [3.05, 3.63) is 101 Å². The lowest BCUT2D eigenvalue weighted by atomic mass is 10.0. The van der Waals surface area contributed by atoms with Crippen LogP contribution in [0, 0.1) is 13.8 Å². The lowest BCUT2D eigenvalue weighted by molar-refractivity contribution is 0.759. The fourth-order valence-electron chi connectivity index (χ4n) is 5.20. The van der Waals surface area contributed by atoms with Gasteiger partial charge in [0.2, 0.25) is 0 Å². The maximum absolute atomic E-state index is 4.83. The highest BCUT2D eigenvalue weighted by atomic mass is 15.4. The second kappa shape index (κ2) is 6.71. The van der Waals surface area contributed by atoms with E-state index in [0.717, 1.165) is 12.1 Å². The Bertz CT molecular complexity index is 1310. The molecule has 0 bridgehead atoms. The number of aryl methyl sites for hydroxylation is 2. The van der Waals surface area contributed by atoms with Crippen molar-refractivity contribution >= 4 is 22.7 Å². The van der Waals surface area contributed by atoms with Crippen LogP contribution in [0.5, 0.6) is 0 Å². The minimum atomic E-state index is 0.177. The molecular weight excluding hydrogens is 378 g/mol. The zero-order chi connectivity index (χ0) is 21.1. The number of aromatic nitrogens is 1. The van der Waals surface area contributed by atoms with Crippen LogP contribution in [0.2, 0.25) is 0 Å². The molecule has 0 saturated carbocycles. The second-order valence-electron chi connectivity index (χ2n) is 8.62. The van der Waals surface area contributed by atoms with E-state index in [1.165, 1.54) is 50.7 Å². The Morgan fingerprint density at radius 3 is 2.29 bits per heavy atom. The highest BCUT2D eigenvalue weighted by Gasteiger charge is 2.37. The predicted molar refractivity (Wildman–Crippen MR) is 129 cm³/mol. The molecule has 0 saturated heterocycles. The summed E-state index contributed by atoms with van der Waals surface area (Å²) < 4.78 is 0. The molecule has 3 heteroatoms. The van der Waals surface area contributed by atoms with E-state index in [4.69, 9.17) is 4.98 Å². The normalized spacial score (nSPS) is 16.3. The molecule has 0 amide bonds. The summed E-state index contributed by atoms with van der Waals surface area (Å²) in [6, 6.07) is 28.5. The first kappa shape index (κ1) is 18.2. The fraction of sp³-hybridized carbons (Fsp3) is 0.179. The molecule has 0 fully saturated rings. The van der Waals surface area contributed by atoms with E-state index in [9.17, 15) is 0 Å². The van der Waals surface area contributed by atoms with Gasteiger partial charge < -0.3 is 9.80 Å². The lowest BCUT2D eigenvalue weighted by Crippen LogP contribution is -2.35. The average Bonchev–Trinajstić information content (AvgIpc) is 3.26. The first-order valence-electron chi connectivity index (χ1n) is 10.9. The molecule has 0 spiro atoms. The molecule has 2 aliphatic rings. The summed E-state index contributed by atoms with van der Waals surface area (Å²) in [5.41, 5.74) is 12.5. The van der Waals surface area contributed by atoms with Crippen molar-refractivity contribution in [2.45, 2.75) is 33.4 Å². The van der Waals surface area contributed by atoms with Gasteiger partial charge in [0, 0.05) is 29.1 Å². The number of anilines is 4. The van der Waals surface area contributed by atoms with E-state index in [0.29, 0.717) is 0 Å².